The van der Waals surface area contributed by atoms with Gasteiger partial charge in [0, 0.05) is 15.6 Å². The van der Waals surface area contributed by atoms with Gasteiger partial charge in [0.05, 0.1) is 0 Å². The zero-order valence-corrected chi connectivity index (χ0v) is 8.47. The van der Waals surface area contributed by atoms with Gasteiger partial charge in [-0.1, -0.05) is 27.5 Å². The summed E-state index contributed by atoms with van der Waals surface area (Å²) in [5.74, 6) is -0.0856. The third-order valence-corrected chi connectivity index (χ3v) is 2.00. The number of halogens is 2. The number of benzene rings is 1. The molecule has 1 aromatic rings. The van der Waals surface area contributed by atoms with Gasteiger partial charge >= 0.3 is 0 Å². The Morgan fingerprint density at radius 2 is 1.92 bits per heavy atom. The van der Waals surface area contributed by atoms with Crippen molar-refractivity contribution in [1.82, 2.24) is 0 Å². The Labute approximate surface area is 84.2 Å². The lowest BCUT2D eigenvalue weighted by Crippen LogP contribution is -1.92. The zero-order chi connectivity index (χ0) is 8.97. The van der Waals surface area contributed by atoms with E-state index in [0.717, 1.165) is 4.47 Å². The van der Waals surface area contributed by atoms with Gasteiger partial charge in [0.2, 0.25) is 0 Å². The standard InChI is InChI=1S/C9H6BrClO/c10-8-3-1-7(2-4-8)9(12)5-6-11/h1-6H. The molecule has 0 amide bonds. The van der Waals surface area contributed by atoms with Crippen molar-refractivity contribution in [3.63, 3.8) is 0 Å². The second-order valence-electron chi connectivity index (χ2n) is 2.16. The summed E-state index contributed by atoms with van der Waals surface area (Å²) >= 11 is 8.55. The molecule has 0 aliphatic heterocycles. The zero-order valence-electron chi connectivity index (χ0n) is 6.13. The minimum absolute atomic E-state index is 0.0856. The van der Waals surface area contributed by atoms with Crippen LogP contribution in [0.5, 0.6) is 0 Å². The van der Waals surface area contributed by atoms with Gasteiger partial charge in [-0.15, -0.1) is 0 Å². The fourth-order valence-corrected chi connectivity index (χ4v) is 1.15. The van der Waals surface area contributed by atoms with Crippen molar-refractivity contribution < 1.29 is 4.79 Å². The Hall–Kier alpha value is -0.600. The van der Waals surface area contributed by atoms with E-state index in [1.54, 1.807) is 12.1 Å². The molecular weight excluding hydrogens is 239 g/mol. The number of hydrogen-bond donors (Lipinski definition) is 0. The molecule has 0 radical (unpaired) electrons. The molecule has 0 atom stereocenters. The van der Waals surface area contributed by atoms with Gasteiger partial charge in [0.25, 0.3) is 0 Å². The van der Waals surface area contributed by atoms with Crippen LogP contribution in [0, 0.1) is 0 Å². The molecule has 0 spiro atoms. The molecule has 0 aliphatic rings. The largest absolute Gasteiger partial charge is 0.289 e. The number of rotatable bonds is 2. The van der Waals surface area contributed by atoms with Gasteiger partial charge in [0.15, 0.2) is 5.78 Å². The molecule has 0 N–H and O–H groups in total. The van der Waals surface area contributed by atoms with Crippen LogP contribution in [0.15, 0.2) is 40.3 Å². The Kier molecular flexibility index (Phi) is 3.50. The van der Waals surface area contributed by atoms with E-state index in [9.17, 15) is 4.79 Å². The van der Waals surface area contributed by atoms with Gasteiger partial charge in [-0.05, 0) is 30.3 Å². The molecule has 0 fully saturated rings. The van der Waals surface area contributed by atoms with E-state index in [0.29, 0.717) is 5.56 Å². The van der Waals surface area contributed by atoms with Crippen LogP contribution in [0.25, 0.3) is 0 Å². The topological polar surface area (TPSA) is 17.1 Å². The predicted octanol–water partition coefficient (Wildman–Crippen LogP) is 3.38. The summed E-state index contributed by atoms with van der Waals surface area (Å²) in [5, 5.41) is 0. The van der Waals surface area contributed by atoms with Crippen molar-refractivity contribution in [2.75, 3.05) is 0 Å². The van der Waals surface area contributed by atoms with E-state index in [1.165, 1.54) is 11.6 Å². The first-order valence-electron chi connectivity index (χ1n) is 3.30. The number of ketones is 1. The maximum Gasteiger partial charge on any atom is 0.186 e. The monoisotopic (exact) mass is 244 g/mol. The normalized spacial score (nSPS) is 10.5. The highest BCUT2D eigenvalue weighted by Crippen LogP contribution is 2.11. The van der Waals surface area contributed by atoms with Crippen molar-refractivity contribution in [2.45, 2.75) is 0 Å². The van der Waals surface area contributed by atoms with Gasteiger partial charge in [-0.3, -0.25) is 4.79 Å². The van der Waals surface area contributed by atoms with E-state index < -0.39 is 0 Å². The van der Waals surface area contributed by atoms with Crippen LogP contribution >= 0.6 is 27.5 Å². The van der Waals surface area contributed by atoms with Crippen LogP contribution in [0.3, 0.4) is 0 Å². The first-order chi connectivity index (χ1) is 5.74. The van der Waals surface area contributed by atoms with Crippen LogP contribution in [0.1, 0.15) is 10.4 Å². The summed E-state index contributed by atoms with van der Waals surface area (Å²) in [5.41, 5.74) is 1.85. The molecular formula is C9H6BrClO. The summed E-state index contributed by atoms with van der Waals surface area (Å²) < 4.78 is 0.953. The van der Waals surface area contributed by atoms with Crippen LogP contribution in [-0.4, -0.2) is 5.78 Å². The van der Waals surface area contributed by atoms with Crippen LogP contribution in [0.4, 0.5) is 0 Å². The van der Waals surface area contributed by atoms with E-state index in [1.807, 2.05) is 12.1 Å². The molecule has 1 aromatic carbocycles. The van der Waals surface area contributed by atoms with Crippen molar-refractivity contribution in [1.29, 1.82) is 0 Å². The molecule has 12 heavy (non-hydrogen) atoms. The summed E-state index contributed by atoms with van der Waals surface area (Å²) in [6.45, 7) is 0. The second kappa shape index (κ2) is 4.43. The van der Waals surface area contributed by atoms with Crippen molar-refractivity contribution in [3.8, 4) is 0 Å². The SMILES string of the molecule is O=C(C=CCl)c1ccc(Br)cc1. The molecule has 3 heteroatoms. The molecule has 0 saturated carbocycles. The van der Waals surface area contributed by atoms with E-state index >= 15 is 0 Å². The molecule has 0 aliphatic carbocycles. The number of allylic oxidation sites excluding steroid dienone is 1. The maximum atomic E-state index is 11.2. The first kappa shape index (κ1) is 9.49. The van der Waals surface area contributed by atoms with Crippen molar-refractivity contribution >= 4 is 33.3 Å². The molecule has 62 valence electrons. The Balaban J connectivity index is 2.90. The van der Waals surface area contributed by atoms with Gasteiger partial charge in [-0.25, -0.2) is 0 Å². The summed E-state index contributed by atoms with van der Waals surface area (Å²) in [6.07, 6.45) is 1.32. The lowest BCUT2D eigenvalue weighted by molar-refractivity contribution is 0.104. The van der Waals surface area contributed by atoms with E-state index in [4.69, 9.17) is 11.6 Å². The Bertz CT molecular complexity index is 303. The highest BCUT2D eigenvalue weighted by molar-refractivity contribution is 9.10. The summed E-state index contributed by atoms with van der Waals surface area (Å²) in [4.78, 5) is 11.2. The molecule has 0 heterocycles. The average Bonchev–Trinajstić information content (AvgIpc) is 2.06. The first-order valence-corrected chi connectivity index (χ1v) is 4.53. The fourth-order valence-electron chi connectivity index (χ4n) is 0.768. The van der Waals surface area contributed by atoms with Crippen LogP contribution < -0.4 is 0 Å². The van der Waals surface area contributed by atoms with Crippen molar-refractivity contribution in [3.05, 3.63) is 45.9 Å². The lowest BCUT2D eigenvalue weighted by Gasteiger charge is -1.94. The van der Waals surface area contributed by atoms with Crippen LogP contribution in [0.2, 0.25) is 0 Å². The van der Waals surface area contributed by atoms with Crippen LogP contribution in [-0.2, 0) is 0 Å². The minimum Gasteiger partial charge on any atom is -0.289 e. The summed E-state index contributed by atoms with van der Waals surface area (Å²) in [7, 11) is 0. The number of hydrogen-bond acceptors (Lipinski definition) is 1. The van der Waals surface area contributed by atoms with Gasteiger partial charge < -0.3 is 0 Å². The van der Waals surface area contributed by atoms with Gasteiger partial charge in [0.1, 0.15) is 0 Å². The molecule has 1 rings (SSSR count). The lowest BCUT2D eigenvalue weighted by atomic mass is 10.1. The third-order valence-electron chi connectivity index (χ3n) is 1.34. The predicted molar refractivity (Wildman–Crippen MR) is 53.5 cm³/mol. The molecule has 0 unspecified atom stereocenters. The Morgan fingerprint density at radius 3 is 2.42 bits per heavy atom. The summed E-state index contributed by atoms with van der Waals surface area (Å²) in [6, 6.07) is 7.11. The third kappa shape index (κ3) is 2.47. The maximum absolute atomic E-state index is 11.2. The quantitative estimate of drug-likeness (QED) is 0.577. The van der Waals surface area contributed by atoms with E-state index in [-0.39, 0.29) is 5.78 Å². The fraction of sp³-hybridized carbons (Fsp3) is 0. The molecule has 0 saturated heterocycles. The number of carbonyl (C=O) groups is 1. The van der Waals surface area contributed by atoms with Crippen molar-refractivity contribution in [2.24, 2.45) is 0 Å². The average molecular weight is 246 g/mol. The Morgan fingerprint density at radius 1 is 1.33 bits per heavy atom. The highest BCUT2D eigenvalue weighted by Gasteiger charge is 1.99. The minimum atomic E-state index is -0.0856. The van der Waals surface area contributed by atoms with E-state index in [2.05, 4.69) is 15.9 Å². The number of carbonyl (C=O) groups excluding carboxylic acids is 1. The van der Waals surface area contributed by atoms with Gasteiger partial charge in [-0.2, -0.15) is 0 Å². The smallest absolute Gasteiger partial charge is 0.186 e. The molecule has 0 bridgehead atoms. The molecule has 0 aromatic heterocycles. The highest BCUT2D eigenvalue weighted by atomic mass is 79.9. The second-order valence-corrected chi connectivity index (χ2v) is 3.33. The molecule has 1 nitrogen and oxygen atoms in total.